The number of benzene rings is 1. The molecule has 1 rings (SSSR count). The van der Waals surface area contributed by atoms with E-state index < -0.39 is 23.9 Å². The molecule has 1 amide bonds. The van der Waals surface area contributed by atoms with Crippen LogP contribution in [0.4, 0.5) is 4.79 Å². The zero-order chi connectivity index (χ0) is 16.0. The molecule has 0 spiro atoms. The Labute approximate surface area is 124 Å². The van der Waals surface area contributed by atoms with Gasteiger partial charge >= 0.3 is 6.09 Å². The van der Waals surface area contributed by atoms with Gasteiger partial charge in [-0.2, -0.15) is 0 Å². The number of hydrogen-bond acceptors (Lipinski definition) is 5. The van der Waals surface area contributed by atoms with Crippen LogP contribution in [0.5, 0.6) is 0 Å². The van der Waals surface area contributed by atoms with Crippen LogP contribution in [0.15, 0.2) is 24.3 Å². The lowest BCUT2D eigenvalue weighted by Gasteiger charge is -2.22. The normalized spacial score (nSPS) is 14.4. The second-order valence-electron chi connectivity index (χ2n) is 5.84. The first-order valence-electron chi connectivity index (χ1n) is 6.85. The van der Waals surface area contributed by atoms with E-state index in [1.54, 1.807) is 39.0 Å². The summed E-state index contributed by atoms with van der Waals surface area (Å²) in [4.78, 5) is 11.5. The zero-order valence-corrected chi connectivity index (χ0v) is 12.7. The summed E-state index contributed by atoms with van der Waals surface area (Å²) in [5.74, 6) is 0. The molecule has 0 bridgehead atoms. The van der Waals surface area contributed by atoms with E-state index in [0.29, 0.717) is 12.1 Å². The third-order valence-electron chi connectivity index (χ3n) is 2.75. The molecule has 1 aromatic carbocycles. The first-order chi connectivity index (χ1) is 9.73. The molecule has 0 aromatic heterocycles. The van der Waals surface area contributed by atoms with Crippen LogP contribution in [0.3, 0.4) is 0 Å². The minimum atomic E-state index is -1.13. The summed E-state index contributed by atoms with van der Waals surface area (Å²) in [5.41, 5.74) is 6.34. The number of rotatable bonds is 5. The fourth-order valence-electron chi connectivity index (χ4n) is 1.74. The standard InChI is InChI=1S/C15H24N2O4/c1-15(2,3)21-14(20)17-9-12(18)13(19)11-6-4-5-10(7-11)8-16/h4-7,12-13,18-19H,8-9,16H2,1-3H3,(H,17,20). The second kappa shape index (κ2) is 7.40. The van der Waals surface area contributed by atoms with Crippen molar-refractivity contribution in [1.82, 2.24) is 5.32 Å². The average Bonchev–Trinajstić information content (AvgIpc) is 2.42. The number of aliphatic hydroxyl groups is 2. The maximum atomic E-state index is 11.5. The Morgan fingerprint density at radius 1 is 1.38 bits per heavy atom. The molecular formula is C15H24N2O4. The molecule has 0 fully saturated rings. The Balaban J connectivity index is 2.54. The topological polar surface area (TPSA) is 105 Å². The molecule has 0 aliphatic rings. The van der Waals surface area contributed by atoms with E-state index in [1.807, 2.05) is 6.07 Å². The Morgan fingerprint density at radius 2 is 2.05 bits per heavy atom. The minimum absolute atomic E-state index is 0.108. The first-order valence-corrected chi connectivity index (χ1v) is 6.85. The van der Waals surface area contributed by atoms with E-state index in [9.17, 15) is 15.0 Å². The summed E-state index contributed by atoms with van der Waals surface area (Å²) in [6.45, 7) is 5.48. The third kappa shape index (κ3) is 6.12. The van der Waals surface area contributed by atoms with Crippen LogP contribution in [-0.2, 0) is 11.3 Å². The van der Waals surface area contributed by atoms with Crippen LogP contribution >= 0.6 is 0 Å². The van der Waals surface area contributed by atoms with Gasteiger partial charge in [0, 0.05) is 13.1 Å². The molecule has 5 N–H and O–H groups in total. The summed E-state index contributed by atoms with van der Waals surface area (Å²) in [6.07, 6.45) is -2.87. The number of carbonyl (C=O) groups is 1. The van der Waals surface area contributed by atoms with E-state index >= 15 is 0 Å². The van der Waals surface area contributed by atoms with Crippen LogP contribution in [0.2, 0.25) is 0 Å². The quantitative estimate of drug-likeness (QED) is 0.650. The van der Waals surface area contributed by atoms with Crippen LogP contribution < -0.4 is 11.1 Å². The SMILES string of the molecule is CC(C)(C)OC(=O)NCC(O)C(O)c1cccc(CN)c1. The van der Waals surface area contributed by atoms with Gasteiger partial charge in [0.15, 0.2) is 0 Å². The lowest BCUT2D eigenvalue weighted by molar-refractivity contribution is 0.0129. The van der Waals surface area contributed by atoms with Gasteiger partial charge in [0.05, 0.1) is 0 Å². The van der Waals surface area contributed by atoms with Gasteiger partial charge in [-0.3, -0.25) is 0 Å². The van der Waals surface area contributed by atoms with E-state index in [0.717, 1.165) is 5.56 Å². The number of carbonyl (C=O) groups excluding carboxylic acids is 1. The van der Waals surface area contributed by atoms with Gasteiger partial charge in [-0.25, -0.2) is 4.79 Å². The number of ether oxygens (including phenoxy) is 1. The fraction of sp³-hybridized carbons (Fsp3) is 0.533. The Bertz CT molecular complexity index is 471. The van der Waals surface area contributed by atoms with Gasteiger partial charge in [0.1, 0.15) is 17.8 Å². The largest absolute Gasteiger partial charge is 0.444 e. The summed E-state index contributed by atoms with van der Waals surface area (Å²) in [5, 5.41) is 22.4. The number of nitrogens with two attached hydrogens (primary N) is 1. The highest BCUT2D eigenvalue weighted by atomic mass is 16.6. The molecule has 0 radical (unpaired) electrons. The number of aliphatic hydroxyl groups excluding tert-OH is 2. The lowest BCUT2D eigenvalue weighted by Crippen LogP contribution is -2.38. The van der Waals surface area contributed by atoms with E-state index in [4.69, 9.17) is 10.5 Å². The fourth-order valence-corrected chi connectivity index (χ4v) is 1.74. The van der Waals surface area contributed by atoms with Crippen molar-refractivity contribution in [2.45, 2.75) is 45.1 Å². The average molecular weight is 296 g/mol. The highest BCUT2D eigenvalue weighted by Crippen LogP contribution is 2.18. The van der Waals surface area contributed by atoms with Gasteiger partial charge in [0.25, 0.3) is 0 Å². The third-order valence-corrected chi connectivity index (χ3v) is 2.75. The summed E-state index contributed by atoms with van der Waals surface area (Å²) < 4.78 is 5.05. The Morgan fingerprint density at radius 3 is 2.62 bits per heavy atom. The molecule has 6 nitrogen and oxygen atoms in total. The van der Waals surface area contributed by atoms with E-state index in [2.05, 4.69) is 5.32 Å². The molecule has 0 aliphatic carbocycles. The van der Waals surface area contributed by atoms with Crippen molar-refractivity contribution in [1.29, 1.82) is 0 Å². The molecule has 0 aliphatic heterocycles. The molecule has 21 heavy (non-hydrogen) atoms. The van der Waals surface area contributed by atoms with Crippen molar-refractivity contribution in [2.75, 3.05) is 6.54 Å². The minimum Gasteiger partial charge on any atom is -0.444 e. The van der Waals surface area contributed by atoms with Gasteiger partial charge < -0.3 is 26.0 Å². The number of hydrogen-bond donors (Lipinski definition) is 4. The van der Waals surface area contributed by atoms with Crippen LogP contribution in [0, 0.1) is 0 Å². The summed E-state index contributed by atoms with van der Waals surface area (Å²) in [6, 6.07) is 7.01. The van der Waals surface area contributed by atoms with Gasteiger partial charge in [-0.1, -0.05) is 24.3 Å². The van der Waals surface area contributed by atoms with Gasteiger partial charge in [-0.05, 0) is 31.9 Å². The molecule has 2 atom stereocenters. The summed E-state index contributed by atoms with van der Waals surface area (Å²) >= 11 is 0. The number of nitrogens with one attached hydrogen (secondary N) is 1. The van der Waals surface area contributed by atoms with Gasteiger partial charge in [0.2, 0.25) is 0 Å². The van der Waals surface area contributed by atoms with Crippen LogP contribution in [0.25, 0.3) is 0 Å². The van der Waals surface area contributed by atoms with Crippen molar-refractivity contribution in [3.63, 3.8) is 0 Å². The number of amides is 1. The Kier molecular flexibility index (Phi) is 6.14. The monoisotopic (exact) mass is 296 g/mol. The smallest absolute Gasteiger partial charge is 0.407 e. The molecule has 0 saturated heterocycles. The van der Waals surface area contributed by atoms with Crippen molar-refractivity contribution in [2.24, 2.45) is 5.73 Å². The second-order valence-corrected chi connectivity index (χ2v) is 5.84. The molecule has 0 heterocycles. The Hall–Kier alpha value is -1.63. The number of alkyl carbamates (subject to hydrolysis) is 1. The molecule has 6 heteroatoms. The van der Waals surface area contributed by atoms with Gasteiger partial charge in [-0.15, -0.1) is 0 Å². The van der Waals surface area contributed by atoms with Crippen molar-refractivity contribution >= 4 is 6.09 Å². The molecule has 0 saturated carbocycles. The maximum absolute atomic E-state index is 11.5. The summed E-state index contributed by atoms with van der Waals surface area (Å²) in [7, 11) is 0. The molecular weight excluding hydrogens is 272 g/mol. The molecule has 118 valence electrons. The van der Waals surface area contributed by atoms with Crippen molar-refractivity contribution < 1.29 is 19.7 Å². The zero-order valence-electron chi connectivity index (χ0n) is 12.7. The highest BCUT2D eigenvalue weighted by molar-refractivity contribution is 5.67. The van der Waals surface area contributed by atoms with Crippen molar-refractivity contribution in [3.05, 3.63) is 35.4 Å². The van der Waals surface area contributed by atoms with Crippen molar-refractivity contribution in [3.8, 4) is 0 Å². The maximum Gasteiger partial charge on any atom is 0.407 e. The predicted octanol–water partition coefficient (Wildman–Crippen LogP) is 1.06. The van der Waals surface area contributed by atoms with Crippen LogP contribution in [0.1, 0.15) is 38.0 Å². The van der Waals surface area contributed by atoms with E-state index in [1.165, 1.54) is 0 Å². The van der Waals surface area contributed by atoms with Crippen LogP contribution in [-0.4, -0.2) is 34.6 Å². The highest BCUT2D eigenvalue weighted by Gasteiger charge is 2.21. The first kappa shape index (κ1) is 17.4. The predicted molar refractivity (Wildman–Crippen MR) is 79.5 cm³/mol. The van der Waals surface area contributed by atoms with E-state index in [-0.39, 0.29) is 6.54 Å². The lowest BCUT2D eigenvalue weighted by atomic mass is 10.0. The molecule has 2 unspecified atom stereocenters. The molecule has 1 aromatic rings.